The van der Waals surface area contributed by atoms with Gasteiger partial charge in [0.05, 0.1) is 10.7 Å². The molecule has 0 saturated carbocycles. The number of hydrogen-bond donors (Lipinski definition) is 2. The van der Waals surface area contributed by atoms with Gasteiger partial charge in [-0.05, 0) is 32.6 Å². The van der Waals surface area contributed by atoms with Crippen LogP contribution in [-0.2, 0) is 11.2 Å². The lowest BCUT2D eigenvalue weighted by Gasteiger charge is -2.34. The Kier molecular flexibility index (Phi) is 7.49. The van der Waals surface area contributed by atoms with Crippen LogP contribution in [0, 0.1) is 12.8 Å². The van der Waals surface area contributed by atoms with Gasteiger partial charge in [-0.25, -0.2) is 4.98 Å². The van der Waals surface area contributed by atoms with Gasteiger partial charge < -0.3 is 15.5 Å². The molecule has 0 aromatic carbocycles. The average molecular weight is 352 g/mol. The zero-order valence-electron chi connectivity index (χ0n) is 15.0. The van der Waals surface area contributed by atoms with E-state index in [0.717, 1.165) is 62.1 Å². The average Bonchev–Trinajstić information content (AvgIpc) is 3.00. The van der Waals surface area contributed by atoms with E-state index in [9.17, 15) is 4.79 Å². The summed E-state index contributed by atoms with van der Waals surface area (Å²) in [6, 6.07) is 0. The Balaban J connectivity index is 1.84. The number of thiazole rings is 1. The molecule has 2 N–H and O–H groups in total. The largest absolute Gasteiger partial charge is 0.359 e. The van der Waals surface area contributed by atoms with E-state index in [4.69, 9.17) is 4.99 Å². The van der Waals surface area contributed by atoms with E-state index in [1.54, 1.807) is 18.4 Å². The molecule has 24 heavy (non-hydrogen) atoms. The summed E-state index contributed by atoms with van der Waals surface area (Å²) in [5.74, 6) is 1.62. The summed E-state index contributed by atoms with van der Waals surface area (Å²) in [5, 5.41) is 9.33. The number of carbonyl (C=O) groups is 1. The second-order valence-electron chi connectivity index (χ2n) is 6.15. The summed E-state index contributed by atoms with van der Waals surface area (Å²) >= 11 is 1.69. The molecule has 6 nitrogen and oxygen atoms in total. The second-order valence-corrected chi connectivity index (χ2v) is 7.21. The highest BCUT2D eigenvalue weighted by molar-refractivity contribution is 7.09. The van der Waals surface area contributed by atoms with Gasteiger partial charge in [0.2, 0.25) is 5.91 Å². The lowest BCUT2D eigenvalue weighted by Crippen LogP contribution is -2.46. The van der Waals surface area contributed by atoms with Crippen LogP contribution in [0.15, 0.2) is 10.4 Å². The number of amides is 1. The van der Waals surface area contributed by atoms with Gasteiger partial charge in [0.15, 0.2) is 5.96 Å². The lowest BCUT2D eigenvalue weighted by atomic mass is 9.93. The van der Waals surface area contributed by atoms with Crippen LogP contribution in [0.3, 0.4) is 0 Å². The van der Waals surface area contributed by atoms with Crippen molar-refractivity contribution in [1.82, 2.24) is 20.5 Å². The molecular weight excluding hydrogens is 322 g/mol. The molecule has 1 fully saturated rings. The van der Waals surface area contributed by atoms with Crippen molar-refractivity contribution in [3.8, 4) is 0 Å². The number of guanidine groups is 1. The summed E-state index contributed by atoms with van der Waals surface area (Å²) < 4.78 is 0. The molecule has 0 bridgehead atoms. The van der Waals surface area contributed by atoms with Crippen molar-refractivity contribution in [2.75, 3.05) is 33.2 Å². The number of hydrogen-bond acceptors (Lipinski definition) is 4. The number of nitrogens with one attached hydrogen (secondary N) is 2. The first-order valence-electron chi connectivity index (χ1n) is 8.77. The van der Waals surface area contributed by atoms with Crippen molar-refractivity contribution in [2.45, 2.75) is 39.5 Å². The molecule has 7 heteroatoms. The van der Waals surface area contributed by atoms with E-state index in [0.29, 0.717) is 12.3 Å². The number of rotatable bonds is 6. The van der Waals surface area contributed by atoms with E-state index in [1.807, 2.05) is 6.92 Å². The van der Waals surface area contributed by atoms with E-state index < -0.39 is 0 Å². The van der Waals surface area contributed by atoms with Crippen molar-refractivity contribution in [3.05, 3.63) is 16.1 Å². The number of aliphatic imine (C=N–C) groups is 1. The van der Waals surface area contributed by atoms with Crippen LogP contribution in [0.25, 0.3) is 0 Å². The molecule has 1 saturated heterocycles. The maximum absolute atomic E-state index is 11.5. The first-order chi connectivity index (χ1) is 11.6. The molecule has 0 atom stereocenters. The van der Waals surface area contributed by atoms with Crippen molar-refractivity contribution in [1.29, 1.82) is 0 Å². The third kappa shape index (κ3) is 5.78. The van der Waals surface area contributed by atoms with Gasteiger partial charge in [0, 0.05) is 51.4 Å². The molecule has 134 valence electrons. The predicted octanol–water partition coefficient (Wildman–Crippen LogP) is 1.81. The quantitative estimate of drug-likeness (QED) is 0.606. The molecule has 2 rings (SSSR count). The SMILES string of the molecule is CCNC(=NCCc1csc(C)n1)N1CCC(CC(=O)NC)CC1. The van der Waals surface area contributed by atoms with Crippen LogP contribution in [0.5, 0.6) is 0 Å². The minimum absolute atomic E-state index is 0.146. The maximum Gasteiger partial charge on any atom is 0.220 e. The van der Waals surface area contributed by atoms with Crippen LogP contribution >= 0.6 is 11.3 Å². The summed E-state index contributed by atoms with van der Waals surface area (Å²) in [4.78, 5) is 23.1. The van der Waals surface area contributed by atoms with Crippen LogP contribution in [0.4, 0.5) is 0 Å². The van der Waals surface area contributed by atoms with Gasteiger partial charge in [0.1, 0.15) is 0 Å². The highest BCUT2D eigenvalue weighted by Crippen LogP contribution is 2.20. The first-order valence-corrected chi connectivity index (χ1v) is 9.65. The molecule has 1 aliphatic heterocycles. The third-order valence-electron chi connectivity index (χ3n) is 4.30. The van der Waals surface area contributed by atoms with Crippen LogP contribution in [0.1, 0.15) is 36.9 Å². The maximum atomic E-state index is 11.5. The molecule has 0 unspecified atom stereocenters. The first kappa shape index (κ1) is 18.7. The van der Waals surface area contributed by atoms with Crippen LogP contribution < -0.4 is 10.6 Å². The summed E-state index contributed by atoms with van der Waals surface area (Å²) in [7, 11) is 1.71. The van der Waals surface area contributed by atoms with E-state index in [2.05, 4.69) is 32.8 Å². The van der Waals surface area contributed by atoms with Crippen molar-refractivity contribution < 1.29 is 4.79 Å². The monoisotopic (exact) mass is 351 g/mol. The Labute approximate surface area is 148 Å². The Morgan fingerprint density at radius 1 is 1.46 bits per heavy atom. The fraction of sp³-hybridized carbons (Fsp3) is 0.706. The van der Waals surface area contributed by atoms with Gasteiger partial charge in [-0.2, -0.15) is 0 Å². The topological polar surface area (TPSA) is 69.6 Å². The standard InChI is InChI=1S/C17H29N5OS/c1-4-19-17(20-8-5-15-12-24-13(2)21-15)22-9-6-14(7-10-22)11-16(23)18-3/h12,14H,4-11H2,1-3H3,(H,18,23)(H,19,20). The van der Waals surface area contributed by atoms with Gasteiger partial charge in [-0.1, -0.05) is 0 Å². The Morgan fingerprint density at radius 3 is 2.79 bits per heavy atom. The van der Waals surface area contributed by atoms with Crippen LogP contribution in [-0.4, -0.2) is 55.0 Å². The molecule has 1 aliphatic rings. The Hall–Kier alpha value is -1.63. The van der Waals surface area contributed by atoms with Gasteiger partial charge >= 0.3 is 0 Å². The number of aryl methyl sites for hydroxylation is 1. The predicted molar refractivity (Wildman–Crippen MR) is 99.5 cm³/mol. The number of likely N-dealkylation sites (tertiary alicyclic amines) is 1. The van der Waals surface area contributed by atoms with Gasteiger partial charge in [-0.15, -0.1) is 11.3 Å². The zero-order chi connectivity index (χ0) is 17.4. The second kappa shape index (κ2) is 9.61. The highest BCUT2D eigenvalue weighted by Gasteiger charge is 2.22. The number of nitrogens with zero attached hydrogens (tertiary/aromatic N) is 3. The van der Waals surface area contributed by atoms with Gasteiger partial charge in [-0.3, -0.25) is 9.79 Å². The molecule has 2 heterocycles. The van der Waals surface area contributed by atoms with Crippen LogP contribution in [0.2, 0.25) is 0 Å². The highest BCUT2D eigenvalue weighted by atomic mass is 32.1. The summed E-state index contributed by atoms with van der Waals surface area (Å²) in [6.07, 6.45) is 3.61. The normalized spacial score (nSPS) is 16.3. The fourth-order valence-corrected chi connectivity index (χ4v) is 3.59. The lowest BCUT2D eigenvalue weighted by molar-refractivity contribution is -0.121. The van der Waals surface area contributed by atoms with E-state index in [-0.39, 0.29) is 5.91 Å². The molecule has 0 spiro atoms. The molecule has 0 radical (unpaired) electrons. The smallest absolute Gasteiger partial charge is 0.220 e. The number of piperidine rings is 1. The van der Waals surface area contributed by atoms with E-state index in [1.165, 1.54) is 0 Å². The molecule has 1 aromatic rings. The molecule has 0 aliphatic carbocycles. The number of aromatic nitrogens is 1. The van der Waals surface area contributed by atoms with Crippen molar-refractivity contribution in [3.63, 3.8) is 0 Å². The molecule has 1 amide bonds. The fourth-order valence-electron chi connectivity index (χ4n) is 2.94. The van der Waals surface area contributed by atoms with Crippen molar-refractivity contribution in [2.24, 2.45) is 10.9 Å². The Morgan fingerprint density at radius 2 is 2.21 bits per heavy atom. The Bertz CT molecular complexity index is 549. The third-order valence-corrected chi connectivity index (χ3v) is 5.12. The minimum Gasteiger partial charge on any atom is -0.359 e. The number of carbonyl (C=O) groups excluding carboxylic acids is 1. The molecular formula is C17H29N5OS. The zero-order valence-corrected chi connectivity index (χ0v) is 15.8. The van der Waals surface area contributed by atoms with Gasteiger partial charge in [0.25, 0.3) is 0 Å². The van der Waals surface area contributed by atoms with E-state index >= 15 is 0 Å². The van der Waals surface area contributed by atoms with Crippen molar-refractivity contribution >= 4 is 23.2 Å². The summed E-state index contributed by atoms with van der Waals surface area (Å²) in [6.45, 7) is 7.67. The minimum atomic E-state index is 0.146. The summed E-state index contributed by atoms with van der Waals surface area (Å²) in [5.41, 5.74) is 1.13. The molecule has 1 aromatic heterocycles.